The molecule has 0 aromatic heterocycles. The molecule has 0 saturated carbocycles. The highest BCUT2D eigenvalue weighted by molar-refractivity contribution is 6.32. The Balaban J connectivity index is 2.16. The van der Waals surface area contributed by atoms with E-state index in [1.807, 2.05) is 6.92 Å². The van der Waals surface area contributed by atoms with E-state index in [0.717, 1.165) is 5.56 Å². The smallest absolute Gasteiger partial charge is 0.248 e. The van der Waals surface area contributed by atoms with Crippen molar-refractivity contribution in [3.05, 3.63) is 58.4 Å². The standard InChI is InChI=1S/C19H19ClFNO3/c1-4-25-19-15(20)9-13(10-17(19)24-3)6-8-18(23)22-16-11-14(21)7-5-12(16)2/h5-11H,4H2,1-3H3,(H,22,23). The molecule has 0 aliphatic rings. The summed E-state index contributed by atoms with van der Waals surface area (Å²) in [6.45, 7) is 4.10. The van der Waals surface area contributed by atoms with Crippen LogP contribution in [0, 0.1) is 12.7 Å². The van der Waals surface area contributed by atoms with Gasteiger partial charge in [0.05, 0.1) is 18.7 Å². The summed E-state index contributed by atoms with van der Waals surface area (Å²) in [7, 11) is 1.51. The number of amides is 1. The molecule has 0 saturated heterocycles. The summed E-state index contributed by atoms with van der Waals surface area (Å²) in [5.74, 6) is 0.157. The summed E-state index contributed by atoms with van der Waals surface area (Å²) in [5, 5.41) is 3.03. The van der Waals surface area contributed by atoms with Crippen molar-refractivity contribution in [2.45, 2.75) is 13.8 Å². The van der Waals surface area contributed by atoms with Crippen molar-refractivity contribution in [1.29, 1.82) is 0 Å². The van der Waals surface area contributed by atoms with E-state index in [2.05, 4.69) is 5.32 Å². The molecule has 2 rings (SSSR count). The van der Waals surface area contributed by atoms with Gasteiger partial charge in [0.2, 0.25) is 5.91 Å². The van der Waals surface area contributed by atoms with E-state index in [1.165, 1.54) is 25.3 Å². The van der Waals surface area contributed by atoms with E-state index in [-0.39, 0.29) is 5.91 Å². The average molecular weight is 364 g/mol. The van der Waals surface area contributed by atoms with Crippen LogP contribution in [0.1, 0.15) is 18.1 Å². The zero-order chi connectivity index (χ0) is 18.4. The van der Waals surface area contributed by atoms with Gasteiger partial charge in [0.15, 0.2) is 11.5 Å². The number of methoxy groups -OCH3 is 1. The molecule has 0 radical (unpaired) electrons. The predicted octanol–water partition coefficient (Wildman–Crippen LogP) is 4.85. The number of ether oxygens (including phenoxy) is 2. The van der Waals surface area contributed by atoms with Crippen LogP contribution in [0.25, 0.3) is 6.08 Å². The molecular weight excluding hydrogens is 345 g/mol. The minimum atomic E-state index is -0.409. The molecule has 4 nitrogen and oxygen atoms in total. The van der Waals surface area contributed by atoms with E-state index in [0.29, 0.717) is 34.4 Å². The third kappa shape index (κ3) is 4.97. The maximum Gasteiger partial charge on any atom is 0.248 e. The van der Waals surface area contributed by atoms with Crippen molar-refractivity contribution in [1.82, 2.24) is 0 Å². The number of nitrogens with one attached hydrogen (secondary N) is 1. The second kappa shape index (κ2) is 8.53. The van der Waals surface area contributed by atoms with Gasteiger partial charge in [-0.3, -0.25) is 4.79 Å². The largest absolute Gasteiger partial charge is 0.493 e. The van der Waals surface area contributed by atoms with Gasteiger partial charge in [-0.2, -0.15) is 0 Å². The molecular formula is C19H19ClFNO3. The lowest BCUT2D eigenvalue weighted by atomic mass is 10.1. The molecule has 132 valence electrons. The fraction of sp³-hybridized carbons (Fsp3) is 0.211. The second-order valence-corrected chi connectivity index (χ2v) is 5.66. The van der Waals surface area contributed by atoms with Gasteiger partial charge in [-0.15, -0.1) is 0 Å². The summed E-state index contributed by atoms with van der Waals surface area (Å²) in [6, 6.07) is 7.61. The lowest BCUT2D eigenvalue weighted by Gasteiger charge is -2.12. The Morgan fingerprint density at radius 2 is 2.08 bits per heavy atom. The van der Waals surface area contributed by atoms with Gasteiger partial charge in [0.25, 0.3) is 0 Å². The van der Waals surface area contributed by atoms with E-state index in [1.54, 1.807) is 31.2 Å². The number of rotatable bonds is 6. The van der Waals surface area contributed by atoms with Crippen molar-refractivity contribution < 1.29 is 18.7 Å². The molecule has 0 atom stereocenters. The first-order valence-electron chi connectivity index (χ1n) is 7.70. The Bertz CT molecular complexity index is 805. The van der Waals surface area contributed by atoms with Gasteiger partial charge in [-0.25, -0.2) is 4.39 Å². The zero-order valence-electron chi connectivity index (χ0n) is 14.2. The highest BCUT2D eigenvalue weighted by Crippen LogP contribution is 2.36. The van der Waals surface area contributed by atoms with Crippen LogP contribution in [-0.2, 0) is 4.79 Å². The van der Waals surface area contributed by atoms with Gasteiger partial charge in [-0.05, 0) is 55.3 Å². The predicted molar refractivity (Wildman–Crippen MR) is 98.0 cm³/mol. The second-order valence-electron chi connectivity index (χ2n) is 5.25. The van der Waals surface area contributed by atoms with Crippen LogP contribution in [0.5, 0.6) is 11.5 Å². The molecule has 1 N–H and O–H groups in total. The van der Waals surface area contributed by atoms with Crippen molar-refractivity contribution in [2.24, 2.45) is 0 Å². The van der Waals surface area contributed by atoms with Crippen molar-refractivity contribution in [2.75, 3.05) is 19.0 Å². The quantitative estimate of drug-likeness (QED) is 0.746. The fourth-order valence-electron chi connectivity index (χ4n) is 2.20. The lowest BCUT2D eigenvalue weighted by Crippen LogP contribution is -2.09. The van der Waals surface area contributed by atoms with Crippen LogP contribution >= 0.6 is 11.6 Å². The normalized spacial score (nSPS) is 10.8. The fourth-order valence-corrected chi connectivity index (χ4v) is 2.47. The maximum absolute atomic E-state index is 13.3. The van der Waals surface area contributed by atoms with Crippen molar-refractivity contribution >= 4 is 29.3 Å². The van der Waals surface area contributed by atoms with Gasteiger partial charge in [0, 0.05) is 11.8 Å². The van der Waals surface area contributed by atoms with Crippen LogP contribution in [0.4, 0.5) is 10.1 Å². The third-order valence-corrected chi connectivity index (χ3v) is 3.71. The summed E-state index contributed by atoms with van der Waals surface area (Å²) < 4.78 is 24.0. The molecule has 2 aromatic rings. The summed E-state index contributed by atoms with van der Waals surface area (Å²) in [5.41, 5.74) is 1.88. The number of carbonyl (C=O) groups is 1. The number of hydrogen-bond donors (Lipinski definition) is 1. The molecule has 0 aliphatic heterocycles. The Hall–Kier alpha value is -2.53. The van der Waals surface area contributed by atoms with Crippen LogP contribution in [0.2, 0.25) is 5.02 Å². The molecule has 0 spiro atoms. The Morgan fingerprint density at radius 3 is 2.76 bits per heavy atom. The summed E-state index contributed by atoms with van der Waals surface area (Å²) in [6.07, 6.45) is 2.93. The van der Waals surface area contributed by atoms with E-state index >= 15 is 0 Å². The Labute approximate surface area is 151 Å². The minimum Gasteiger partial charge on any atom is -0.493 e. The number of carbonyl (C=O) groups excluding carboxylic acids is 1. The van der Waals surface area contributed by atoms with Crippen molar-refractivity contribution in [3.8, 4) is 11.5 Å². The van der Waals surface area contributed by atoms with Crippen molar-refractivity contribution in [3.63, 3.8) is 0 Å². The molecule has 0 aliphatic carbocycles. The molecule has 1 amide bonds. The third-order valence-electron chi connectivity index (χ3n) is 3.43. The monoisotopic (exact) mass is 363 g/mol. The van der Waals surface area contributed by atoms with Gasteiger partial charge in [0.1, 0.15) is 5.82 Å². The SMILES string of the molecule is CCOc1c(Cl)cc(C=CC(=O)Nc2cc(F)ccc2C)cc1OC. The minimum absolute atomic E-state index is 0.377. The Morgan fingerprint density at radius 1 is 1.32 bits per heavy atom. The van der Waals surface area contributed by atoms with Gasteiger partial charge >= 0.3 is 0 Å². The molecule has 0 heterocycles. The lowest BCUT2D eigenvalue weighted by molar-refractivity contribution is -0.111. The average Bonchev–Trinajstić information content (AvgIpc) is 2.58. The zero-order valence-corrected chi connectivity index (χ0v) is 15.0. The van der Waals surface area contributed by atoms with Crippen LogP contribution in [-0.4, -0.2) is 19.6 Å². The van der Waals surface area contributed by atoms with Crippen LogP contribution in [0.3, 0.4) is 0 Å². The molecule has 6 heteroatoms. The number of anilines is 1. The summed E-state index contributed by atoms with van der Waals surface area (Å²) in [4.78, 5) is 12.0. The van der Waals surface area contributed by atoms with E-state index in [9.17, 15) is 9.18 Å². The molecule has 0 bridgehead atoms. The summed E-state index contributed by atoms with van der Waals surface area (Å²) >= 11 is 6.19. The highest BCUT2D eigenvalue weighted by Gasteiger charge is 2.11. The van der Waals surface area contributed by atoms with Crippen LogP contribution < -0.4 is 14.8 Å². The van der Waals surface area contributed by atoms with E-state index < -0.39 is 5.82 Å². The van der Waals surface area contributed by atoms with E-state index in [4.69, 9.17) is 21.1 Å². The maximum atomic E-state index is 13.3. The van der Waals surface area contributed by atoms with Crippen LogP contribution in [0.15, 0.2) is 36.4 Å². The first-order valence-corrected chi connectivity index (χ1v) is 8.08. The van der Waals surface area contributed by atoms with Gasteiger partial charge in [-0.1, -0.05) is 17.7 Å². The number of hydrogen-bond acceptors (Lipinski definition) is 3. The van der Waals surface area contributed by atoms with Gasteiger partial charge < -0.3 is 14.8 Å². The molecule has 2 aromatic carbocycles. The molecule has 25 heavy (non-hydrogen) atoms. The first kappa shape index (κ1) is 18.8. The molecule has 0 unspecified atom stereocenters. The Kier molecular flexibility index (Phi) is 6.42. The number of aryl methyl sites for hydroxylation is 1. The number of halogens is 2. The topological polar surface area (TPSA) is 47.6 Å². The first-order chi connectivity index (χ1) is 11.9. The number of benzene rings is 2. The molecule has 0 fully saturated rings. The highest BCUT2D eigenvalue weighted by atomic mass is 35.5.